The number of carbonyl (C=O) groups excluding carboxylic acids is 1. The number of carboxylic acid groups (broad SMARTS) is 1. The SMILES string of the molecule is Cc1cc(N)nc(C)c1CNC(=O)c1nc(Cc2ccc3ncc(Cl)cc3c2)n2ccccc12.O=C(O)c1nc(Cc2ccc3ncc(Cl)cc3c2)n2ccccc12. The number of nitrogens with two attached hydrogens (primary N) is 1. The summed E-state index contributed by atoms with van der Waals surface area (Å²) in [6, 6.07) is 28.6. The summed E-state index contributed by atoms with van der Waals surface area (Å²) in [6.07, 6.45) is 8.07. The normalized spacial score (nSPS) is 11.2. The molecular formula is C44H35Cl2N9O3. The van der Waals surface area contributed by atoms with E-state index in [0.29, 0.717) is 52.3 Å². The summed E-state index contributed by atoms with van der Waals surface area (Å²) in [5.74, 6) is 0.662. The maximum atomic E-state index is 13.1. The third kappa shape index (κ3) is 7.88. The van der Waals surface area contributed by atoms with Crippen molar-refractivity contribution in [2.24, 2.45) is 0 Å². The zero-order valence-electron chi connectivity index (χ0n) is 31.3. The van der Waals surface area contributed by atoms with E-state index in [1.54, 1.807) is 24.5 Å². The Morgan fingerprint density at radius 2 is 1.24 bits per heavy atom. The molecule has 9 aromatic rings. The fourth-order valence-corrected chi connectivity index (χ4v) is 7.41. The molecule has 4 N–H and O–H groups in total. The molecule has 14 heteroatoms. The first-order valence-corrected chi connectivity index (χ1v) is 19.0. The number of fused-ring (bicyclic) bond motifs is 4. The van der Waals surface area contributed by atoms with E-state index in [4.69, 9.17) is 33.9 Å². The van der Waals surface area contributed by atoms with E-state index in [9.17, 15) is 14.7 Å². The number of anilines is 1. The number of nitrogens with one attached hydrogen (secondary N) is 1. The monoisotopic (exact) mass is 807 g/mol. The number of aromatic carboxylic acids is 1. The number of amides is 1. The molecule has 12 nitrogen and oxygen atoms in total. The first-order chi connectivity index (χ1) is 28.0. The number of halogens is 2. The third-order valence-corrected chi connectivity index (χ3v) is 10.2. The molecule has 0 atom stereocenters. The van der Waals surface area contributed by atoms with Gasteiger partial charge in [-0.15, -0.1) is 0 Å². The average molecular weight is 809 g/mol. The minimum absolute atomic E-state index is 0.0658. The Kier molecular flexibility index (Phi) is 10.4. The molecule has 1 amide bonds. The molecule has 2 aromatic carbocycles. The summed E-state index contributed by atoms with van der Waals surface area (Å²) in [5.41, 5.74) is 14.2. The van der Waals surface area contributed by atoms with Crippen molar-refractivity contribution in [3.8, 4) is 0 Å². The molecule has 7 aromatic heterocycles. The number of carbonyl (C=O) groups is 2. The fraction of sp³-hybridized carbons (Fsp3) is 0.114. The molecule has 0 saturated carbocycles. The van der Waals surface area contributed by atoms with Crippen molar-refractivity contribution in [2.75, 3.05) is 5.73 Å². The van der Waals surface area contributed by atoms with E-state index in [1.807, 2.05) is 108 Å². The number of rotatable bonds is 8. The van der Waals surface area contributed by atoms with Crippen LogP contribution in [0.1, 0.15) is 60.6 Å². The highest BCUT2D eigenvalue weighted by Crippen LogP contribution is 2.24. The highest BCUT2D eigenvalue weighted by molar-refractivity contribution is 6.31. The van der Waals surface area contributed by atoms with Crippen LogP contribution in [0.3, 0.4) is 0 Å². The quantitative estimate of drug-likeness (QED) is 0.137. The van der Waals surface area contributed by atoms with E-state index in [0.717, 1.165) is 61.1 Å². The molecule has 0 aliphatic rings. The zero-order valence-corrected chi connectivity index (χ0v) is 32.8. The summed E-state index contributed by atoms with van der Waals surface area (Å²) < 4.78 is 3.76. The first-order valence-electron chi connectivity index (χ1n) is 18.2. The minimum atomic E-state index is -1.03. The largest absolute Gasteiger partial charge is 0.476 e. The highest BCUT2D eigenvalue weighted by atomic mass is 35.5. The predicted octanol–water partition coefficient (Wildman–Crippen LogP) is 8.48. The second-order valence-electron chi connectivity index (χ2n) is 13.8. The van der Waals surface area contributed by atoms with Gasteiger partial charge < -0.3 is 25.0 Å². The van der Waals surface area contributed by atoms with Gasteiger partial charge in [0.25, 0.3) is 5.91 Å². The van der Waals surface area contributed by atoms with Crippen molar-refractivity contribution in [1.29, 1.82) is 0 Å². The highest BCUT2D eigenvalue weighted by Gasteiger charge is 2.19. The zero-order chi connectivity index (χ0) is 40.5. The van der Waals surface area contributed by atoms with Crippen molar-refractivity contribution in [3.05, 3.63) is 177 Å². The maximum absolute atomic E-state index is 13.1. The van der Waals surface area contributed by atoms with Crippen molar-refractivity contribution < 1.29 is 14.7 Å². The summed E-state index contributed by atoms with van der Waals surface area (Å²) in [4.78, 5) is 46.5. The van der Waals surface area contributed by atoms with Gasteiger partial charge in [0.1, 0.15) is 17.5 Å². The molecule has 0 fully saturated rings. The lowest BCUT2D eigenvalue weighted by Crippen LogP contribution is -2.24. The smallest absolute Gasteiger partial charge is 0.356 e. The average Bonchev–Trinajstić information content (AvgIpc) is 3.76. The van der Waals surface area contributed by atoms with E-state index in [-0.39, 0.29) is 11.6 Å². The minimum Gasteiger partial charge on any atom is -0.476 e. The number of hydrogen-bond acceptors (Lipinski definition) is 8. The second-order valence-corrected chi connectivity index (χ2v) is 14.7. The Morgan fingerprint density at radius 1 is 0.707 bits per heavy atom. The number of nitrogens with zero attached hydrogens (tertiary/aromatic N) is 7. The van der Waals surface area contributed by atoms with Gasteiger partial charge in [-0.05, 0) is 103 Å². The van der Waals surface area contributed by atoms with Crippen molar-refractivity contribution >= 4 is 73.7 Å². The molecular weight excluding hydrogens is 773 g/mol. The van der Waals surface area contributed by atoms with Crippen LogP contribution in [0.2, 0.25) is 10.0 Å². The van der Waals surface area contributed by atoms with Crippen LogP contribution in [0.5, 0.6) is 0 Å². The molecule has 0 unspecified atom stereocenters. The van der Waals surface area contributed by atoms with Crippen molar-refractivity contribution in [2.45, 2.75) is 33.2 Å². The number of aromatic nitrogens is 7. The van der Waals surface area contributed by atoms with Gasteiger partial charge >= 0.3 is 5.97 Å². The number of aryl methyl sites for hydroxylation is 2. The molecule has 9 rings (SSSR count). The number of pyridine rings is 5. The number of hydrogen-bond donors (Lipinski definition) is 3. The van der Waals surface area contributed by atoms with Crippen LogP contribution in [0.4, 0.5) is 5.82 Å². The lowest BCUT2D eigenvalue weighted by molar-refractivity contribution is 0.0692. The Balaban J connectivity index is 0.000000172. The molecule has 58 heavy (non-hydrogen) atoms. The lowest BCUT2D eigenvalue weighted by Gasteiger charge is -2.11. The van der Waals surface area contributed by atoms with Gasteiger partial charge in [-0.2, -0.15) is 0 Å². The van der Waals surface area contributed by atoms with E-state index in [2.05, 4.69) is 31.3 Å². The molecule has 0 aliphatic heterocycles. The predicted molar refractivity (Wildman–Crippen MR) is 226 cm³/mol. The van der Waals surface area contributed by atoms with E-state index < -0.39 is 5.97 Å². The maximum Gasteiger partial charge on any atom is 0.356 e. The summed E-state index contributed by atoms with van der Waals surface area (Å²) in [5, 5.41) is 15.4. The topological polar surface area (TPSA) is 166 Å². The molecule has 288 valence electrons. The molecule has 0 bridgehead atoms. The Labute approximate surface area is 342 Å². The molecule has 7 heterocycles. The van der Waals surface area contributed by atoms with Gasteiger partial charge in [0.05, 0.1) is 32.1 Å². The van der Waals surface area contributed by atoms with Crippen molar-refractivity contribution in [3.63, 3.8) is 0 Å². The standard InChI is InChI=1S/C26H23ClN6O.C18H12ClN3O2/c1-15-9-23(28)31-16(2)20(15)14-30-26(34)25-22-5-3-4-8-33(22)24(32-25)11-17-6-7-21-18(10-17)12-19(27)13-29-21;19-13-9-12-7-11(4-5-14(12)20-10-13)8-16-21-17(18(23)24)15-3-1-2-6-22(15)16/h3-10,12-13H,11,14H2,1-2H3,(H2,28,31)(H,30,34);1-7,9-10H,8H2,(H,23,24). The van der Waals surface area contributed by atoms with Crippen molar-refractivity contribution in [1.82, 2.24) is 39.0 Å². The fourth-order valence-electron chi connectivity index (χ4n) is 7.08. The Morgan fingerprint density at radius 3 is 1.78 bits per heavy atom. The molecule has 0 spiro atoms. The number of carboxylic acids is 1. The van der Waals surface area contributed by atoms with Gasteiger partial charge in [-0.3, -0.25) is 14.8 Å². The molecule has 0 aliphatic carbocycles. The summed E-state index contributed by atoms with van der Waals surface area (Å²) in [6.45, 7) is 4.20. The Bertz CT molecular complexity index is 3030. The summed E-state index contributed by atoms with van der Waals surface area (Å²) in [7, 11) is 0. The van der Waals surface area contributed by atoms with Crippen LogP contribution in [0.15, 0.2) is 116 Å². The second kappa shape index (κ2) is 15.9. The van der Waals surface area contributed by atoms with Crippen LogP contribution in [-0.4, -0.2) is 50.7 Å². The third-order valence-electron chi connectivity index (χ3n) is 9.81. The lowest BCUT2D eigenvalue weighted by atomic mass is 10.1. The summed E-state index contributed by atoms with van der Waals surface area (Å²) >= 11 is 12.1. The molecule has 0 radical (unpaired) electrons. The number of imidazole rings is 2. The number of benzene rings is 2. The Hall–Kier alpha value is -6.89. The van der Waals surface area contributed by atoms with Gasteiger partial charge in [0.2, 0.25) is 0 Å². The number of nitrogen functional groups attached to an aromatic ring is 1. The van der Waals surface area contributed by atoms with Crippen LogP contribution >= 0.6 is 23.2 Å². The van der Waals surface area contributed by atoms with Crippen LogP contribution < -0.4 is 11.1 Å². The molecule has 0 saturated heterocycles. The van der Waals surface area contributed by atoms with Crippen LogP contribution in [-0.2, 0) is 19.4 Å². The van der Waals surface area contributed by atoms with Gasteiger partial charge in [-0.25, -0.2) is 19.7 Å². The van der Waals surface area contributed by atoms with Gasteiger partial charge in [0.15, 0.2) is 11.4 Å². The van der Waals surface area contributed by atoms with Crippen LogP contribution in [0.25, 0.3) is 32.8 Å². The van der Waals surface area contributed by atoms with E-state index >= 15 is 0 Å². The van der Waals surface area contributed by atoms with Gasteiger partial charge in [0, 0.05) is 60.6 Å². The first kappa shape index (κ1) is 38.0. The van der Waals surface area contributed by atoms with E-state index in [1.165, 1.54) is 0 Å². The van der Waals surface area contributed by atoms with Gasteiger partial charge in [-0.1, -0.05) is 47.5 Å². The van der Waals surface area contributed by atoms with Crippen LogP contribution in [0, 0.1) is 13.8 Å².